The SMILES string of the molecule is COc1onc(C(N)=O)c1OC. The van der Waals surface area contributed by atoms with Crippen LogP contribution in [0, 0.1) is 0 Å². The molecule has 0 saturated carbocycles. The first-order valence-electron chi connectivity index (χ1n) is 3.08. The molecule has 0 radical (unpaired) electrons. The molecule has 12 heavy (non-hydrogen) atoms. The van der Waals surface area contributed by atoms with E-state index >= 15 is 0 Å². The van der Waals surface area contributed by atoms with E-state index in [4.69, 9.17) is 15.2 Å². The molecule has 6 heteroatoms. The normalized spacial score (nSPS) is 9.50. The summed E-state index contributed by atoms with van der Waals surface area (Å²) in [5.41, 5.74) is 4.89. The molecule has 1 aromatic heterocycles. The summed E-state index contributed by atoms with van der Waals surface area (Å²) in [6.45, 7) is 0. The summed E-state index contributed by atoms with van der Waals surface area (Å²) in [7, 11) is 2.73. The number of nitrogens with zero attached hydrogens (tertiary/aromatic N) is 1. The van der Waals surface area contributed by atoms with Gasteiger partial charge in [-0.3, -0.25) is 4.79 Å². The number of hydrogen-bond donors (Lipinski definition) is 1. The molecule has 0 bridgehead atoms. The van der Waals surface area contributed by atoms with Crippen LogP contribution < -0.4 is 15.2 Å². The van der Waals surface area contributed by atoms with Gasteiger partial charge in [0, 0.05) is 0 Å². The minimum Gasteiger partial charge on any atom is -0.488 e. The summed E-state index contributed by atoms with van der Waals surface area (Å²) < 4.78 is 14.1. The number of ether oxygens (including phenoxy) is 2. The molecule has 1 heterocycles. The highest BCUT2D eigenvalue weighted by Gasteiger charge is 2.21. The van der Waals surface area contributed by atoms with Crippen molar-refractivity contribution >= 4 is 5.91 Å². The zero-order chi connectivity index (χ0) is 9.14. The maximum Gasteiger partial charge on any atom is 0.354 e. The van der Waals surface area contributed by atoms with Crippen molar-refractivity contribution in [2.75, 3.05) is 14.2 Å². The predicted molar refractivity (Wildman–Crippen MR) is 38.1 cm³/mol. The number of rotatable bonds is 3. The van der Waals surface area contributed by atoms with Crippen molar-refractivity contribution in [3.63, 3.8) is 0 Å². The van der Waals surface area contributed by atoms with Crippen LogP contribution in [0.3, 0.4) is 0 Å². The Hall–Kier alpha value is -1.72. The van der Waals surface area contributed by atoms with Gasteiger partial charge >= 0.3 is 5.95 Å². The van der Waals surface area contributed by atoms with Crippen molar-refractivity contribution < 1.29 is 18.8 Å². The van der Waals surface area contributed by atoms with Gasteiger partial charge in [0.1, 0.15) is 0 Å². The zero-order valence-corrected chi connectivity index (χ0v) is 6.66. The summed E-state index contributed by atoms with van der Waals surface area (Å²) in [5.74, 6) is -0.574. The van der Waals surface area contributed by atoms with E-state index in [0.29, 0.717) is 0 Å². The molecule has 0 saturated heterocycles. The third-order valence-electron chi connectivity index (χ3n) is 1.24. The molecule has 1 amide bonds. The third kappa shape index (κ3) is 1.18. The number of primary amides is 1. The fraction of sp³-hybridized carbons (Fsp3) is 0.333. The van der Waals surface area contributed by atoms with Gasteiger partial charge in [-0.25, -0.2) is 0 Å². The number of methoxy groups -OCH3 is 2. The van der Waals surface area contributed by atoms with Crippen LogP contribution in [0.2, 0.25) is 0 Å². The Kier molecular flexibility index (Phi) is 2.18. The lowest BCUT2D eigenvalue weighted by Crippen LogP contribution is -2.12. The van der Waals surface area contributed by atoms with Gasteiger partial charge in [-0.2, -0.15) is 0 Å². The maximum atomic E-state index is 10.7. The van der Waals surface area contributed by atoms with Crippen molar-refractivity contribution in [3.8, 4) is 11.7 Å². The van der Waals surface area contributed by atoms with Gasteiger partial charge in [0.15, 0.2) is 0 Å². The molecule has 2 N–H and O–H groups in total. The standard InChI is InChI=1S/C6H8N2O4/c1-10-4-3(5(7)9)8-12-6(4)11-2/h1-2H3,(H2,7,9). The summed E-state index contributed by atoms with van der Waals surface area (Å²) in [6.07, 6.45) is 0. The van der Waals surface area contributed by atoms with Crippen LogP contribution in [0.4, 0.5) is 0 Å². The van der Waals surface area contributed by atoms with E-state index in [2.05, 4.69) is 9.68 Å². The van der Waals surface area contributed by atoms with Gasteiger partial charge < -0.3 is 19.7 Å². The van der Waals surface area contributed by atoms with E-state index in [1.807, 2.05) is 0 Å². The van der Waals surface area contributed by atoms with Crippen LogP contribution in [0.15, 0.2) is 4.52 Å². The molecule has 66 valence electrons. The maximum absolute atomic E-state index is 10.7. The number of aromatic nitrogens is 1. The average Bonchev–Trinajstić information content (AvgIpc) is 2.46. The van der Waals surface area contributed by atoms with Crippen molar-refractivity contribution in [3.05, 3.63) is 5.69 Å². The third-order valence-corrected chi connectivity index (χ3v) is 1.24. The molecule has 0 atom stereocenters. The summed E-state index contributed by atoms with van der Waals surface area (Å²) in [6, 6.07) is 0. The average molecular weight is 172 g/mol. The lowest BCUT2D eigenvalue weighted by atomic mass is 10.4. The first-order valence-corrected chi connectivity index (χ1v) is 3.08. The summed E-state index contributed by atoms with van der Waals surface area (Å²) >= 11 is 0. The molecular formula is C6H8N2O4. The largest absolute Gasteiger partial charge is 0.488 e. The van der Waals surface area contributed by atoms with Crippen LogP contribution in [0.25, 0.3) is 0 Å². The fourth-order valence-corrected chi connectivity index (χ4v) is 0.734. The van der Waals surface area contributed by atoms with Gasteiger partial charge in [-0.1, -0.05) is 5.16 Å². The highest BCUT2D eigenvalue weighted by molar-refractivity contribution is 5.94. The summed E-state index contributed by atoms with van der Waals surface area (Å²) in [4.78, 5) is 10.7. The monoisotopic (exact) mass is 172 g/mol. The Bertz CT molecular complexity index is 294. The lowest BCUT2D eigenvalue weighted by Gasteiger charge is -1.97. The van der Waals surface area contributed by atoms with E-state index in [9.17, 15) is 4.79 Å². The molecule has 1 rings (SSSR count). The lowest BCUT2D eigenvalue weighted by molar-refractivity contribution is 0.0989. The Balaban J connectivity index is 3.13. The number of amides is 1. The molecule has 0 aliphatic carbocycles. The number of carbonyl (C=O) groups is 1. The molecule has 0 aromatic carbocycles. The van der Waals surface area contributed by atoms with Crippen LogP contribution in [-0.4, -0.2) is 25.3 Å². The van der Waals surface area contributed by atoms with Crippen molar-refractivity contribution in [1.82, 2.24) is 5.16 Å². The predicted octanol–water partition coefficient (Wildman–Crippen LogP) is -0.209. The van der Waals surface area contributed by atoms with Crippen LogP contribution in [0.1, 0.15) is 10.5 Å². The molecule has 0 unspecified atom stereocenters. The van der Waals surface area contributed by atoms with Crippen LogP contribution in [0.5, 0.6) is 11.7 Å². The molecule has 0 aliphatic rings. The summed E-state index contributed by atoms with van der Waals surface area (Å²) in [5, 5.41) is 3.36. The second kappa shape index (κ2) is 3.12. The zero-order valence-electron chi connectivity index (χ0n) is 6.66. The molecule has 0 aliphatic heterocycles. The minimum absolute atomic E-state index is 0.0336. The smallest absolute Gasteiger partial charge is 0.354 e. The van der Waals surface area contributed by atoms with Gasteiger partial charge in [0.25, 0.3) is 5.91 Å². The number of hydrogen-bond acceptors (Lipinski definition) is 5. The Morgan fingerprint density at radius 1 is 1.50 bits per heavy atom. The Labute approximate surface area is 68.2 Å². The second-order valence-electron chi connectivity index (χ2n) is 1.92. The van der Waals surface area contributed by atoms with Gasteiger partial charge in [-0.05, 0) is 0 Å². The number of nitrogens with two attached hydrogens (primary N) is 1. The van der Waals surface area contributed by atoms with Gasteiger partial charge in [0.05, 0.1) is 14.2 Å². The van der Waals surface area contributed by atoms with Crippen molar-refractivity contribution in [2.24, 2.45) is 5.73 Å². The van der Waals surface area contributed by atoms with Gasteiger partial charge in [0.2, 0.25) is 11.4 Å². The first-order chi connectivity index (χ1) is 5.70. The minimum atomic E-state index is -0.723. The second-order valence-corrected chi connectivity index (χ2v) is 1.92. The fourth-order valence-electron chi connectivity index (χ4n) is 0.734. The number of carbonyl (C=O) groups excluding carboxylic acids is 1. The van der Waals surface area contributed by atoms with Crippen molar-refractivity contribution in [1.29, 1.82) is 0 Å². The van der Waals surface area contributed by atoms with E-state index < -0.39 is 5.91 Å². The topological polar surface area (TPSA) is 87.6 Å². The Morgan fingerprint density at radius 3 is 2.58 bits per heavy atom. The Morgan fingerprint density at radius 2 is 2.17 bits per heavy atom. The van der Waals surface area contributed by atoms with Gasteiger partial charge in [-0.15, -0.1) is 0 Å². The van der Waals surface area contributed by atoms with Crippen molar-refractivity contribution in [2.45, 2.75) is 0 Å². The van der Waals surface area contributed by atoms with E-state index in [1.54, 1.807) is 0 Å². The van der Waals surface area contributed by atoms with E-state index in [1.165, 1.54) is 14.2 Å². The quantitative estimate of drug-likeness (QED) is 0.681. The molecule has 6 nitrogen and oxygen atoms in total. The molecule has 1 aromatic rings. The molecule has 0 spiro atoms. The van der Waals surface area contributed by atoms with E-state index in [0.717, 1.165) is 0 Å². The highest BCUT2D eigenvalue weighted by Crippen LogP contribution is 2.29. The van der Waals surface area contributed by atoms with Crippen LogP contribution >= 0.6 is 0 Å². The first kappa shape index (κ1) is 8.38. The van der Waals surface area contributed by atoms with E-state index in [-0.39, 0.29) is 17.4 Å². The van der Waals surface area contributed by atoms with Crippen LogP contribution in [-0.2, 0) is 0 Å². The molecular weight excluding hydrogens is 164 g/mol. The highest BCUT2D eigenvalue weighted by atomic mass is 16.6. The molecule has 0 fully saturated rings.